The zero-order valence-electron chi connectivity index (χ0n) is 14.8. The van der Waals surface area contributed by atoms with Gasteiger partial charge >= 0.3 is 5.97 Å². The molecular weight excluding hydrogens is 376 g/mol. The molecule has 0 saturated heterocycles. The molecule has 1 aliphatic heterocycles. The van der Waals surface area contributed by atoms with Gasteiger partial charge in [-0.2, -0.15) is 0 Å². The first-order chi connectivity index (χ1) is 14.0. The van der Waals surface area contributed by atoms with Crippen molar-refractivity contribution in [3.8, 4) is 0 Å². The van der Waals surface area contributed by atoms with Gasteiger partial charge in [0.25, 0.3) is 5.69 Å². The molecule has 1 aliphatic rings. The fourth-order valence-corrected chi connectivity index (χ4v) is 2.75. The first-order valence-corrected chi connectivity index (χ1v) is 8.47. The lowest BCUT2D eigenvalue weighted by Crippen LogP contribution is -2.06. The highest BCUT2D eigenvalue weighted by Gasteiger charge is 2.22. The Morgan fingerprint density at radius 3 is 2.69 bits per heavy atom. The van der Waals surface area contributed by atoms with Crippen molar-refractivity contribution >= 4 is 40.7 Å². The van der Waals surface area contributed by atoms with Gasteiger partial charge in [-0.25, -0.2) is 9.79 Å². The normalized spacial score (nSPS) is 15.1. The molecule has 0 atom stereocenters. The number of ether oxygens (including phenoxy) is 1. The molecule has 142 valence electrons. The van der Waals surface area contributed by atoms with Gasteiger partial charge in [-0.15, -0.1) is 0 Å². The van der Waals surface area contributed by atoms with E-state index in [0.29, 0.717) is 16.5 Å². The number of non-ortho nitro benzene ring substituents is 1. The number of para-hydroxylation sites is 1. The molecular formula is C21H12N2O6. The van der Waals surface area contributed by atoms with Crippen molar-refractivity contribution in [2.45, 2.75) is 0 Å². The number of benzene rings is 2. The molecule has 29 heavy (non-hydrogen) atoms. The van der Waals surface area contributed by atoms with Crippen LogP contribution < -0.4 is 5.43 Å². The Hall–Kier alpha value is -4.33. The van der Waals surface area contributed by atoms with Crippen molar-refractivity contribution in [3.05, 3.63) is 98.0 Å². The number of hydrogen-bond donors (Lipinski definition) is 0. The van der Waals surface area contributed by atoms with Gasteiger partial charge in [-0.1, -0.05) is 24.3 Å². The molecule has 0 bridgehead atoms. The van der Waals surface area contributed by atoms with E-state index in [1.54, 1.807) is 36.4 Å². The topological polar surface area (TPSA) is 112 Å². The molecule has 8 nitrogen and oxygen atoms in total. The predicted octanol–water partition coefficient (Wildman–Crippen LogP) is 3.71. The van der Waals surface area contributed by atoms with Gasteiger partial charge in [-0.3, -0.25) is 14.9 Å². The molecule has 8 heteroatoms. The van der Waals surface area contributed by atoms with Gasteiger partial charge in [0.1, 0.15) is 11.8 Å². The van der Waals surface area contributed by atoms with Crippen LogP contribution in [0.3, 0.4) is 0 Å². The quantitative estimate of drug-likeness (QED) is 0.291. The highest BCUT2D eigenvalue weighted by molar-refractivity contribution is 6.11. The minimum Gasteiger partial charge on any atom is -0.463 e. The summed E-state index contributed by atoms with van der Waals surface area (Å²) in [5.74, 6) is -0.700. The summed E-state index contributed by atoms with van der Waals surface area (Å²) in [6.45, 7) is 0. The first kappa shape index (κ1) is 18.1. The number of nitro benzene ring substituents is 1. The van der Waals surface area contributed by atoms with E-state index in [9.17, 15) is 19.7 Å². The van der Waals surface area contributed by atoms with Crippen LogP contribution in [0.4, 0.5) is 5.69 Å². The molecule has 0 fully saturated rings. The Kier molecular flexibility index (Phi) is 4.58. The van der Waals surface area contributed by atoms with Gasteiger partial charge in [0.2, 0.25) is 5.90 Å². The van der Waals surface area contributed by atoms with Crippen LogP contribution in [0.1, 0.15) is 11.1 Å². The van der Waals surface area contributed by atoms with E-state index in [2.05, 4.69) is 4.99 Å². The van der Waals surface area contributed by atoms with Gasteiger partial charge in [0.15, 0.2) is 11.1 Å². The van der Waals surface area contributed by atoms with Crippen LogP contribution in [0.5, 0.6) is 0 Å². The van der Waals surface area contributed by atoms with E-state index in [-0.39, 0.29) is 28.3 Å². The number of rotatable bonds is 4. The van der Waals surface area contributed by atoms with Crippen molar-refractivity contribution < 1.29 is 18.9 Å². The summed E-state index contributed by atoms with van der Waals surface area (Å²) in [6.07, 6.45) is 5.51. The number of carbonyl (C=O) groups excluding carboxylic acids is 1. The third kappa shape index (κ3) is 3.72. The van der Waals surface area contributed by atoms with Crippen LogP contribution in [-0.4, -0.2) is 16.8 Å². The van der Waals surface area contributed by atoms with Crippen LogP contribution >= 0.6 is 0 Å². The second kappa shape index (κ2) is 7.35. The van der Waals surface area contributed by atoms with Crippen molar-refractivity contribution in [3.63, 3.8) is 0 Å². The number of cyclic esters (lactones) is 1. The van der Waals surface area contributed by atoms with Gasteiger partial charge in [0, 0.05) is 18.2 Å². The molecule has 0 spiro atoms. The van der Waals surface area contributed by atoms with Crippen LogP contribution in [0.15, 0.2) is 80.8 Å². The number of nitrogens with zero attached hydrogens (tertiary/aromatic N) is 2. The molecule has 0 saturated carbocycles. The number of hydrogen-bond acceptors (Lipinski definition) is 7. The van der Waals surface area contributed by atoms with Crippen LogP contribution in [0.2, 0.25) is 0 Å². The van der Waals surface area contributed by atoms with E-state index < -0.39 is 10.9 Å². The average Bonchev–Trinajstić information content (AvgIpc) is 3.08. The maximum Gasteiger partial charge on any atom is 0.363 e. The Morgan fingerprint density at radius 1 is 1.03 bits per heavy atom. The Morgan fingerprint density at radius 2 is 1.86 bits per heavy atom. The van der Waals surface area contributed by atoms with E-state index in [0.717, 1.165) is 0 Å². The molecule has 0 radical (unpaired) electrons. The largest absolute Gasteiger partial charge is 0.463 e. The molecule has 1 aromatic heterocycles. The lowest BCUT2D eigenvalue weighted by atomic mass is 10.1. The molecule has 0 amide bonds. The number of aliphatic imine (C=N–C) groups is 1. The number of carbonyl (C=O) groups is 1. The molecule has 0 N–H and O–H groups in total. The van der Waals surface area contributed by atoms with Gasteiger partial charge in [0.05, 0.1) is 15.9 Å². The molecule has 4 rings (SSSR count). The molecule has 0 aliphatic carbocycles. The number of esters is 1. The van der Waals surface area contributed by atoms with E-state index in [1.165, 1.54) is 36.6 Å². The fourth-order valence-electron chi connectivity index (χ4n) is 2.75. The molecule has 2 aromatic carbocycles. The second-order valence-corrected chi connectivity index (χ2v) is 6.07. The Bertz CT molecular complexity index is 1300. The molecule has 3 aromatic rings. The maximum absolute atomic E-state index is 12.5. The van der Waals surface area contributed by atoms with Gasteiger partial charge < -0.3 is 9.15 Å². The SMILES string of the molecule is O=C1OC(C=Cc2cccc([N+](=O)[O-])c2)=NC1=Cc1coc2ccccc2c1=O. The predicted molar refractivity (Wildman–Crippen MR) is 106 cm³/mol. The van der Waals surface area contributed by atoms with E-state index in [1.807, 2.05) is 0 Å². The molecule has 2 heterocycles. The number of fused-ring (bicyclic) bond motifs is 1. The van der Waals surface area contributed by atoms with Crippen LogP contribution in [0.25, 0.3) is 23.1 Å². The van der Waals surface area contributed by atoms with Gasteiger partial charge in [-0.05, 0) is 29.8 Å². The lowest BCUT2D eigenvalue weighted by Gasteiger charge is -1.97. The highest BCUT2D eigenvalue weighted by atomic mass is 16.6. The summed E-state index contributed by atoms with van der Waals surface area (Å²) in [5.41, 5.74) is 0.766. The summed E-state index contributed by atoms with van der Waals surface area (Å²) < 4.78 is 10.5. The summed E-state index contributed by atoms with van der Waals surface area (Å²) in [6, 6.07) is 12.7. The maximum atomic E-state index is 12.5. The minimum absolute atomic E-state index is 0.0120. The third-order valence-electron chi connectivity index (χ3n) is 4.14. The fraction of sp³-hybridized carbons (Fsp3) is 0. The first-order valence-electron chi connectivity index (χ1n) is 8.47. The summed E-state index contributed by atoms with van der Waals surface area (Å²) in [4.78, 5) is 39.0. The Balaban J connectivity index is 1.63. The lowest BCUT2D eigenvalue weighted by molar-refractivity contribution is -0.384. The van der Waals surface area contributed by atoms with Crippen molar-refractivity contribution in [2.24, 2.45) is 4.99 Å². The zero-order chi connectivity index (χ0) is 20.4. The van der Waals surface area contributed by atoms with E-state index in [4.69, 9.17) is 9.15 Å². The zero-order valence-corrected chi connectivity index (χ0v) is 14.8. The highest BCUT2D eigenvalue weighted by Crippen LogP contribution is 2.18. The van der Waals surface area contributed by atoms with Crippen LogP contribution in [-0.2, 0) is 9.53 Å². The third-order valence-corrected chi connectivity index (χ3v) is 4.14. The van der Waals surface area contributed by atoms with Crippen LogP contribution in [0, 0.1) is 10.1 Å². The summed E-state index contributed by atoms with van der Waals surface area (Å²) >= 11 is 0. The average molecular weight is 388 g/mol. The second-order valence-electron chi connectivity index (χ2n) is 6.07. The van der Waals surface area contributed by atoms with Crippen molar-refractivity contribution in [1.29, 1.82) is 0 Å². The molecule has 0 unspecified atom stereocenters. The van der Waals surface area contributed by atoms with E-state index >= 15 is 0 Å². The van der Waals surface area contributed by atoms with Crippen molar-refractivity contribution in [2.75, 3.05) is 0 Å². The standard InChI is InChI=1S/C21H12N2O6/c24-20-14(12-28-18-7-2-1-6-16(18)20)11-17-21(25)29-19(22-17)9-8-13-4-3-5-15(10-13)23(26)27/h1-12H. The Labute approximate surface area is 163 Å². The minimum atomic E-state index is -0.712. The monoisotopic (exact) mass is 388 g/mol. The summed E-state index contributed by atoms with van der Waals surface area (Å²) in [5, 5.41) is 11.2. The van der Waals surface area contributed by atoms with Crippen molar-refractivity contribution in [1.82, 2.24) is 0 Å². The number of nitro groups is 1. The summed E-state index contributed by atoms with van der Waals surface area (Å²) in [7, 11) is 0. The smallest absolute Gasteiger partial charge is 0.363 e.